The van der Waals surface area contributed by atoms with Gasteiger partial charge in [-0.1, -0.05) is 40.5 Å². The van der Waals surface area contributed by atoms with Gasteiger partial charge in [-0.25, -0.2) is 4.79 Å². The van der Waals surface area contributed by atoms with Crippen LogP contribution in [-0.4, -0.2) is 315 Å². The number of carboxylic acid groups (broad SMARTS) is 2. The Morgan fingerprint density at radius 2 is 0.774 bits per heavy atom. The second-order valence-corrected chi connectivity index (χ2v) is 30.3. The fraction of sp³-hybridized carbons (Fsp3) is 0.712. The summed E-state index contributed by atoms with van der Waals surface area (Å²) in [5.74, 6) is -21.0. The molecule has 51 nitrogen and oxygen atoms in total. The Morgan fingerprint density at radius 1 is 0.403 bits per heavy atom. The minimum Gasteiger partial charge on any atom is -0.481 e. The average Bonchev–Trinajstić information content (AvgIpc) is 1.60. The summed E-state index contributed by atoms with van der Waals surface area (Å²) in [6, 6.07) is -22.3. The number of rotatable bonds is 58. The zero-order valence-electron chi connectivity index (χ0n) is 70.9. The summed E-state index contributed by atoms with van der Waals surface area (Å²) in [6.07, 6.45) is -4.72. The monoisotopic (exact) mass is 1770 g/mol. The zero-order valence-corrected chi connectivity index (χ0v) is 70.9. The van der Waals surface area contributed by atoms with Crippen LogP contribution in [0.25, 0.3) is 0 Å². The SMILES string of the molecule is CC[C@H](C)[C@H](N)C(=O)N[C@@H](CCCN=C(N)N)C(=O)N[C@@H](CCCN=C(N)N)C(=O)N[C@@H](CO)C(=O)N[C@@H](CCCN=C(N)N)C(=O)N[C@H](C(=O)NCC(=O)N[C@H](C(=O)N[C@@H](CCCCN)C(=O)N[C@@H](CC(=O)O)C(=O)N1CCC[C@H]1C(=O)N[C@@H](CC(N)=O)C(=O)N[C@@H](CCCN=C(N)N)C(=O)N1CCC[C@H]1C(=O)N[C@H](C(=O)O)[C@@H](C)O)[C@@H](C)CC)[C@@H](C)O. The molecule has 0 bridgehead atoms. The molecule has 0 aromatic heterocycles. The van der Waals surface area contributed by atoms with E-state index in [1.165, 1.54) is 0 Å². The van der Waals surface area contributed by atoms with Gasteiger partial charge in [0.15, 0.2) is 29.9 Å². The van der Waals surface area contributed by atoms with Crippen molar-refractivity contribution < 1.29 is 107 Å². The summed E-state index contributed by atoms with van der Waals surface area (Å²) in [6.45, 7) is 6.48. The molecule has 0 aromatic rings. The molecular formula is C73H131N29O22. The lowest BCUT2D eigenvalue weighted by molar-refractivity contribution is -0.147. The third kappa shape index (κ3) is 38.5. The van der Waals surface area contributed by atoms with Gasteiger partial charge in [0, 0.05) is 39.3 Å². The van der Waals surface area contributed by atoms with E-state index in [0.717, 1.165) is 23.6 Å². The van der Waals surface area contributed by atoms with Crippen molar-refractivity contribution in [2.75, 3.05) is 59.0 Å². The van der Waals surface area contributed by atoms with Crippen molar-refractivity contribution in [3.8, 4) is 0 Å². The quantitative estimate of drug-likeness (QED) is 0.0153. The number of nitrogens with one attached hydrogen (secondary N) is 12. The number of hydrogen-bond acceptors (Lipinski definition) is 26. The Morgan fingerprint density at radius 3 is 1.18 bits per heavy atom. The summed E-state index contributed by atoms with van der Waals surface area (Å²) in [5, 5.41) is 80.2. The number of aliphatic imine (C=N–C) groups is 4. The van der Waals surface area contributed by atoms with Gasteiger partial charge in [-0.05, 0) is 129 Å². The summed E-state index contributed by atoms with van der Waals surface area (Å²) in [4.78, 5) is 252. The maximum Gasteiger partial charge on any atom is 0.328 e. The maximum absolute atomic E-state index is 14.6. The largest absolute Gasteiger partial charge is 0.481 e. The summed E-state index contributed by atoms with van der Waals surface area (Å²) < 4.78 is 0. The number of aliphatic carboxylic acids is 2. The first-order chi connectivity index (χ1) is 58.3. The molecule has 0 saturated carbocycles. The van der Waals surface area contributed by atoms with Crippen molar-refractivity contribution in [3.05, 3.63) is 0 Å². The molecule has 15 amide bonds. The van der Waals surface area contributed by atoms with Gasteiger partial charge in [0.2, 0.25) is 88.6 Å². The van der Waals surface area contributed by atoms with E-state index in [9.17, 15) is 107 Å². The highest BCUT2D eigenvalue weighted by molar-refractivity contribution is 6.02. The Bertz CT molecular complexity index is 3740. The number of unbranched alkanes of at least 4 members (excludes halogenated alkanes) is 1. The van der Waals surface area contributed by atoms with Gasteiger partial charge < -0.3 is 162 Å². The number of nitrogens with two attached hydrogens (primary N) is 11. The first-order valence-corrected chi connectivity index (χ1v) is 40.9. The number of carbonyl (C=O) groups is 17. The van der Waals surface area contributed by atoms with Crippen LogP contribution < -0.4 is 127 Å². The number of hydrogen-bond donors (Lipinski definition) is 28. The minimum absolute atomic E-state index is 0.0253. The van der Waals surface area contributed by atoms with E-state index in [0.29, 0.717) is 6.42 Å². The molecule has 700 valence electrons. The van der Waals surface area contributed by atoms with Crippen LogP contribution in [0.1, 0.15) is 164 Å². The highest BCUT2D eigenvalue weighted by Crippen LogP contribution is 2.23. The number of carboxylic acids is 2. The van der Waals surface area contributed by atoms with Gasteiger partial charge in [0.25, 0.3) is 0 Å². The van der Waals surface area contributed by atoms with Crippen molar-refractivity contribution in [1.29, 1.82) is 0 Å². The molecule has 0 spiro atoms. The molecule has 18 atom stereocenters. The number of carbonyl (C=O) groups excluding carboxylic acids is 15. The van der Waals surface area contributed by atoms with E-state index >= 15 is 0 Å². The van der Waals surface area contributed by atoms with Crippen LogP contribution in [0.3, 0.4) is 0 Å². The molecule has 2 aliphatic rings. The van der Waals surface area contributed by atoms with Gasteiger partial charge in [-0.3, -0.25) is 96.7 Å². The molecule has 0 radical (unpaired) electrons. The van der Waals surface area contributed by atoms with Crippen LogP contribution in [0.2, 0.25) is 0 Å². The number of guanidine groups is 4. The standard InChI is InChI=1S/C73H131N29O22/c1-7-35(3)52(76)64(118)92-41(19-12-26-86-71(79)80)56(110)90-40(18-11-25-85-70(77)78)58(112)97-46(34-103)61(115)91-42(20-13-27-87-72(81)82)59(113)99-54(37(5)104)65(119)89-33-50(107)98-53(36(4)8-2)66(120)93-39(17-9-10-24-74)57(111)96-45(32-51(108)109)68(122)102-30-15-22-47(102)62(116)95-44(31-49(75)106)60(114)94-43(21-14-28-88-73(83)84)67(121)101-29-16-23-48(101)63(117)100-55(38(6)105)69(123)124/h35-48,52-55,103-105H,7-34,74,76H2,1-6H3,(H2,75,106)(H,89,119)(H,90,110)(H,91,115)(H,92,118)(H,93,120)(H,94,114)(H,95,116)(H,96,111)(H,97,112)(H,98,107)(H,99,113)(H,100,117)(H,108,109)(H,123,124)(H4,77,78,85)(H4,79,80,86)(H4,81,82,87)(H4,83,84,88)/t35-,36-,37+,38+,39-,40-,41-,42-,43-,44-,45-,46-,47-,48-,52-,53-,54-,55-/m0/s1. The molecule has 2 aliphatic heterocycles. The van der Waals surface area contributed by atoms with Crippen LogP contribution in [0.5, 0.6) is 0 Å². The van der Waals surface area contributed by atoms with Crippen molar-refractivity contribution in [2.24, 2.45) is 94.9 Å². The lowest BCUT2D eigenvalue weighted by Gasteiger charge is -2.31. The average molecular weight is 1770 g/mol. The number of nitrogens with zero attached hydrogens (tertiary/aromatic N) is 6. The zero-order chi connectivity index (χ0) is 93.8. The maximum atomic E-state index is 14.6. The highest BCUT2D eigenvalue weighted by Gasteiger charge is 2.44. The number of aliphatic hydroxyl groups is 3. The van der Waals surface area contributed by atoms with Gasteiger partial charge in [0.1, 0.15) is 72.5 Å². The summed E-state index contributed by atoms with van der Waals surface area (Å²) in [5.41, 5.74) is 61.4. The van der Waals surface area contributed by atoms with Gasteiger partial charge in [0.05, 0.1) is 44.2 Å². The fourth-order valence-corrected chi connectivity index (χ4v) is 13.0. The molecule has 0 aromatic carbocycles. The van der Waals surface area contributed by atoms with E-state index in [4.69, 9.17) is 63.1 Å². The number of primary amides is 1. The van der Waals surface area contributed by atoms with E-state index < -0.39 is 229 Å². The van der Waals surface area contributed by atoms with Gasteiger partial charge >= 0.3 is 11.9 Å². The van der Waals surface area contributed by atoms with Crippen molar-refractivity contribution in [3.63, 3.8) is 0 Å². The van der Waals surface area contributed by atoms with Crippen molar-refractivity contribution in [2.45, 2.75) is 260 Å². The van der Waals surface area contributed by atoms with E-state index in [-0.39, 0.29) is 178 Å². The number of aliphatic hydroxyl groups excluding tert-OH is 3. The van der Waals surface area contributed by atoms with Gasteiger partial charge in [-0.2, -0.15) is 0 Å². The molecule has 2 heterocycles. The predicted octanol–water partition coefficient (Wildman–Crippen LogP) is -12.6. The van der Waals surface area contributed by atoms with Crippen LogP contribution in [-0.2, 0) is 81.5 Å². The Hall–Kier alpha value is -12.1. The van der Waals surface area contributed by atoms with Crippen LogP contribution in [0.4, 0.5) is 0 Å². The van der Waals surface area contributed by atoms with Gasteiger partial charge in [-0.15, -0.1) is 0 Å². The number of likely N-dealkylation sites (tertiary alicyclic amines) is 2. The van der Waals surface area contributed by atoms with Crippen LogP contribution in [0.15, 0.2) is 20.0 Å². The second kappa shape index (κ2) is 55.8. The molecule has 39 N–H and O–H groups in total. The highest BCUT2D eigenvalue weighted by atomic mass is 16.4. The molecule has 124 heavy (non-hydrogen) atoms. The lowest BCUT2D eigenvalue weighted by Crippen LogP contribution is -2.61. The first kappa shape index (κ1) is 108. The Kier molecular flexibility index (Phi) is 48.6. The third-order valence-electron chi connectivity index (χ3n) is 20.3. The predicted molar refractivity (Wildman–Crippen MR) is 447 cm³/mol. The van der Waals surface area contributed by atoms with Crippen molar-refractivity contribution in [1.82, 2.24) is 73.6 Å². The molecular weight excluding hydrogens is 1630 g/mol. The van der Waals surface area contributed by atoms with Crippen molar-refractivity contribution >= 4 is 124 Å². The molecule has 51 heteroatoms. The van der Waals surface area contributed by atoms with Crippen LogP contribution in [0, 0.1) is 11.8 Å². The Labute approximate surface area is 716 Å². The molecule has 0 unspecified atom stereocenters. The molecule has 2 fully saturated rings. The minimum atomic E-state index is -1.96. The second-order valence-electron chi connectivity index (χ2n) is 30.3. The third-order valence-corrected chi connectivity index (χ3v) is 20.3. The van der Waals surface area contributed by atoms with Crippen LogP contribution >= 0.6 is 0 Å². The molecule has 2 saturated heterocycles. The first-order valence-electron chi connectivity index (χ1n) is 40.9. The van der Waals surface area contributed by atoms with E-state index in [2.05, 4.69) is 83.8 Å². The fourth-order valence-electron chi connectivity index (χ4n) is 13.0. The normalized spacial score (nSPS) is 17.4. The number of amides is 15. The van der Waals surface area contributed by atoms with E-state index in [1.54, 1.807) is 20.8 Å². The summed E-state index contributed by atoms with van der Waals surface area (Å²) >= 11 is 0. The summed E-state index contributed by atoms with van der Waals surface area (Å²) in [7, 11) is 0. The lowest BCUT2D eigenvalue weighted by atomic mass is 9.97. The Balaban J connectivity index is 2.44. The topological polar surface area (TPSA) is 878 Å². The molecule has 0 aliphatic carbocycles. The molecule has 2 rings (SSSR count). The smallest absolute Gasteiger partial charge is 0.328 e. The van der Waals surface area contributed by atoms with E-state index in [1.807, 2.05) is 6.92 Å².